The molecule has 0 unspecified atom stereocenters. The summed E-state index contributed by atoms with van der Waals surface area (Å²) < 4.78 is 11.1. The quantitative estimate of drug-likeness (QED) is 0.485. The van der Waals surface area contributed by atoms with Crippen LogP contribution >= 0.6 is 0 Å². The highest BCUT2D eigenvalue weighted by Crippen LogP contribution is 2.69. The lowest BCUT2D eigenvalue weighted by Crippen LogP contribution is -2.52. The first-order valence-corrected chi connectivity index (χ1v) is 6.75. The zero-order valence-corrected chi connectivity index (χ0v) is 11.1. The zero-order valence-electron chi connectivity index (χ0n) is 11.1. The average molecular weight is 246 g/mol. The molecule has 1 aliphatic heterocycles. The SMILES string of the molecule is CC1=C[C@H]2C(=C(C)C3(CC3)[C@@]3(C)OC(=O)O[C@@H]23)C1. The van der Waals surface area contributed by atoms with Crippen molar-refractivity contribution in [2.75, 3.05) is 0 Å². The lowest BCUT2D eigenvalue weighted by Gasteiger charge is -2.43. The van der Waals surface area contributed by atoms with Crippen molar-refractivity contribution in [2.24, 2.45) is 11.3 Å². The molecule has 3 aliphatic carbocycles. The van der Waals surface area contributed by atoms with Crippen molar-refractivity contribution >= 4 is 6.16 Å². The van der Waals surface area contributed by atoms with Crippen LogP contribution in [-0.4, -0.2) is 17.9 Å². The van der Waals surface area contributed by atoms with E-state index in [0.29, 0.717) is 0 Å². The highest BCUT2D eigenvalue weighted by Gasteiger charge is 2.72. The van der Waals surface area contributed by atoms with Gasteiger partial charge in [-0.15, -0.1) is 0 Å². The van der Waals surface area contributed by atoms with Crippen LogP contribution < -0.4 is 0 Å². The van der Waals surface area contributed by atoms with E-state index in [1.165, 1.54) is 16.7 Å². The molecule has 0 bridgehead atoms. The van der Waals surface area contributed by atoms with Crippen LogP contribution in [0.1, 0.15) is 40.0 Å². The number of allylic oxidation sites excluding steroid dienone is 1. The predicted octanol–water partition coefficient (Wildman–Crippen LogP) is 3.36. The Kier molecular flexibility index (Phi) is 1.68. The largest absolute Gasteiger partial charge is 0.509 e. The summed E-state index contributed by atoms with van der Waals surface area (Å²) in [6.45, 7) is 6.46. The molecular weight excluding hydrogens is 228 g/mol. The first-order chi connectivity index (χ1) is 8.48. The summed E-state index contributed by atoms with van der Waals surface area (Å²) >= 11 is 0. The lowest BCUT2D eigenvalue weighted by molar-refractivity contribution is -0.0278. The van der Waals surface area contributed by atoms with Gasteiger partial charge in [0.25, 0.3) is 0 Å². The van der Waals surface area contributed by atoms with Gasteiger partial charge in [0.1, 0.15) is 0 Å². The van der Waals surface area contributed by atoms with E-state index in [9.17, 15) is 4.79 Å². The lowest BCUT2D eigenvalue weighted by atomic mass is 9.65. The Labute approximate surface area is 107 Å². The molecule has 0 aromatic rings. The maximum atomic E-state index is 11.6. The zero-order chi connectivity index (χ0) is 12.7. The van der Waals surface area contributed by atoms with Gasteiger partial charge in [0.05, 0.1) is 0 Å². The molecule has 3 nitrogen and oxygen atoms in total. The van der Waals surface area contributed by atoms with Gasteiger partial charge in [-0.05, 0) is 40.0 Å². The number of hydrogen-bond donors (Lipinski definition) is 0. The van der Waals surface area contributed by atoms with Crippen molar-refractivity contribution in [3.8, 4) is 0 Å². The van der Waals surface area contributed by atoms with Crippen molar-refractivity contribution in [3.05, 3.63) is 22.8 Å². The fourth-order valence-electron chi connectivity index (χ4n) is 4.47. The number of hydrogen-bond acceptors (Lipinski definition) is 3. The molecule has 18 heavy (non-hydrogen) atoms. The summed E-state index contributed by atoms with van der Waals surface area (Å²) in [7, 11) is 0. The standard InChI is InChI=1S/C15H18O3/c1-8-6-10-9(2)15(4-5-15)14(3)12(11(10)7-8)17-13(16)18-14/h7,11-12H,4-6H2,1-3H3/t11-,12-,14-/m0/s1. The van der Waals surface area contributed by atoms with Crippen molar-refractivity contribution in [2.45, 2.75) is 51.7 Å². The molecule has 0 N–H and O–H groups in total. The topological polar surface area (TPSA) is 35.5 Å². The van der Waals surface area contributed by atoms with Crippen LogP contribution in [-0.2, 0) is 9.47 Å². The molecule has 4 rings (SSSR count). The predicted molar refractivity (Wildman–Crippen MR) is 66.0 cm³/mol. The van der Waals surface area contributed by atoms with Gasteiger partial charge in [-0.3, -0.25) is 0 Å². The Balaban J connectivity index is 1.92. The van der Waals surface area contributed by atoms with E-state index < -0.39 is 11.8 Å². The Morgan fingerprint density at radius 1 is 1.33 bits per heavy atom. The van der Waals surface area contributed by atoms with E-state index >= 15 is 0 Å². The number of ether oxygens (including phenoxy) is 2. The summed E-state index contributed by atoms with van der Waals surface area (Å²) in [5, 5.41) is 0. The summed E-state index contributed by atoms with van der Waals surface area (Å²) in [6, 6.07) is 0. The number of carbonyl (C=O) groups is 1. The first-order valence-electron chi connectivity index (χ1n) is 6.75. The van der Waals surface area contributed by atoms with Gasteiger partial charge in [-0.1, -0.05) is 22.8 Å². The van der Waals surface area contributed by atoms with Gasteiger partial charge in [0.2, 0.25) is 0 Å². The van der Waals surface area contributed by atoms with Crippen LogP contribution in [0.3, 0.4) is 0 Å². The molecule has 1 saturated carbocycles. The summed E-state index contributed by atoms with van der Waals surface area (Å²) in [6.07, 6.45) is 4.95. The molecule has 2 fully saturated rings. The van der Waals surface area contributed by atoms with Crippen LogP contribution in [0, 0.1) is 11.3 Å². The van der Waals surface area contributed by atoms with Crippen molar-refractivity contribution in [1.82, 2.24) is 0 Å². The third-order valence-corrected chi connectivity index (χ3v) is 5.62. The third kappa shape index (κ3) is 0.965. The molecule has 96 valence electrons. The number of carbonyl (C=O) groups excluding carboxylic acids is 1. The minimum absolute atomic E-state index is 0.0636. The van der Waals surface area contributed by atoms with Gasteiger partial charge in [0.15, 0.2) is 11.7 Å². The molecule has 3 atom stereocenters. The molecule has 3 heteroatoms. The van der Waals surface area contributed by atoms with Crippen LogP contribution in [0.5, 0.6) is 0 Å². The molecule has 0 aromatic heterocycles. The smallest absolute Gasteiger partial charge is 0.426 e. The van der Waals surface area contributed by atoms with Crippen LogP contribution in [0.4, 0.5) is 4.79 Å². The minimum Gasteiger partial charge on any atom is -0.426 e. The third-order valence-electron chi connectivity index (χ3n) is 5.62. The molecule has 0 amide bonds. The van der Waals surface area contributed by atoms with Gasteiger partial charge in [0, 0.05) is 11.3 Å². The van der Waals surface area contributed by atoms with E-state index in [1.807, 2.05) is 0 Å². The van der Waals surface area contributed by atoms with Gasteiger partial charge < -0.3 is 9.47 Å². The average Bonchev–Trinajstić information content (AvgIpc) is 2.94. The fraction of sp³-hybridized carbons (Fsp3) is 0.667. The molecule has 4 aliphatic rings. The molecule has 1 spiro atoms. The van der Waals surface area contributed by atoms with Crippen molar-refractivity contribution < 1.29 is 14.3 Å². The molecule has 1 saturated heterocycles. The Morgan fingerprint density at radius 2 is 2.06 bits per heavy atom. The van der Waals surface area contributed by atoms with E-state index in [0.717, 1.165) is 19.3 Å². The normalized spacial score (nSPS) is 43.3. The van der Waals surface area contributed by atoms with Crippen molar-refractivity contribution in [3.63, 3.8) is 0 Å². The molecular formula is C15H18O3. The van der Waals surface area contributed by atoms with E-state index in [-0.39, 0.29) is 17.4 Å². The maximum Gasteiger partial charge on any atom is 0.509 e. The van der Waals surface area contributed by atoms with E-state index in [2.05, 4.69) is 26.8 Å². The van der Waals surface area contributed by atoms with Gasteiger partial charge >= 0.3 is 6.16 Å². The van der Waals surface area contributed by atoms with Gasteiger partial charge in [-0.2, -0.15) is 0 Å². The minimum atomic E-state index is -0.485. The number of fused-ring (bicyclic) bond motifs is 4. The molecule has 0 aromatic carbocycles. The second-order valence-electron chi connectivity index (χ2n) is 6.45. The first kappa shape index (κ1) is 10.7. The van der Waals surface area contributed by atoms with E-state index in [1.54, 1.807) is 0 Å². The van der Waals surface area contributed by atoms with Crippen LogP contribution in [0.15, 0.2) is 22.8 Å². The van der Waals surface area contributed by atoms with Crippen LogP contribution in [0.2, 0.25) is 0 Å². The second kappa shape index (κ2) is 2.84. The maximum absolute atomic E-state index is 11.6. The number of rotatable bonds is 0. The Morgan fingerprint density at radius 3 is 2.72 bits per heavy atom. The molecule has 1 heterocycles. The molecule has 0 radical (unpaired) electrons. The summed E-state index contributed by atoms with van der Waals surface area (Å²) in [4.78, 5) is 11.6. The van der Waals surface area contributed by atoms with Gasteiger partial charge in [-0.25, -0.2) is 4.79 Å². The Bertz CT molecular complexity index is 524. The second-order valence-corrected chi connectivity index (χ2v) is 6.45. The highest BCUT2D eigenvalue weighted by atomic mass is 16.8. The fourth-order valence-corrected chi connectivity index (χ4v) is 4.47. The monoisotopic (exact) mass is 246 g/mol. The Hall–Kier alpha value is -1.25. The van der Waals surface area contributed by atoms with Crippen molar-refractivity contribution in [1.29, 1.82) is 0 Å². The highest BCUT2D eigenvalue weighted by molar-refractivity contribution is 5.66. The van der Waals surface area contributed by atoms with E-state index in [4.69, 9.17) is 9.47 Å². The summed E-state index contributed by atoms with van der Waals surface area (Å²) in [5.74, 6) is 0.243. The summed E-state index contributed by atoms with van der Waals surface area (Å²) in [5.41, 5.74) is 3.93. The van der Waals surface area contributed by atoms with Crippen LogP contribution in [0.25, 0.3) is 0 Å².